The summed E-state index contributed by atoms with van der Waals surface area (Å²) in [5, 5.41) is 9.74. The highest BCUT2D eigenvalue weighted by molar-refractivity contribution is 9.10. The quantitative estimate of drug-likeness (QED) is 0.640. The smallest absolute Gasteiger partial charge is 0.354 e. The maximum Gasteiger partial charge on any atom is 0.354 e. The van der Waals surface area contributed by atoms with Gasteiger partial charge in [-0.05, 0) is 37.1 Å². The van der Waals surface area contributed by atoms with Gasteiger partial charge in [-0.25, -0.2) is 14.6 Å². The second kappa shape index (κ2) is 6.87. The zero-order valence-electron chi connectivity index (χ0n) is 12.4. The predicted octanol–water partition coefficient (Wildman–Crippen LogP) is 3.96. The number of carboxylic acids is 1. The molecule has 0 aliphatic carbocycles. The van der Waals surface area contributed by atoms with Gasteiger partial charge in [-0.3, -0.25) is 0 Å². The van der Waals surface area contributed by atoms with Crippen LogP contribution >= 0.6 is 15.9 Å². The van der Waals surface area contributed by atoms with E-state index in [1.165, 1.54) is 6.07 Å². The number of carbonyl (C=O) groups is 2. The molecular formula is C16H16BrNO4. The van der Waals surface area contributed by atoms with Gasteiger partial charge >= 0.3 is 11.9 Å². The number of aromatic carboxylic acids is 1. The molecule has 2 aromatic rings. The van der Waals surface area contributed by atoms with Gasteiger partial charge in [0, 0.05) is 9.86 Å². The molecule has 0 bridgehead atoms. The number of carboxylic acid groups (broad SMARTS) is 1. The molecule has 1 aromatic heterocycles. The van der Waals surface area contributed by atoms with Gasteiger partial charge < -0.3 is 9.84 Å². The largest absolute Gasteiger partial charge is 0.477 e. The second-order valence-electron chi connectivity index (χ2n) is 4.97. The van der Waals surface area contributed by atoms with Crippen molar-refractivity contribution >= 4 is 38.8 Å². The minimum Gasteiger partial charge on any atom is -0.477 e. The van der Waals surface area contributed by atoms with Gasteiger partial charge in [-0.15, -0.1) is 0 Å². The van der Waals surface area contributed by atoms with Gasteiger partial charge in [-0.2, -0.15) is 0 Å². The minimum absolute atomic E-state index is 0.170. The molecule has 0 saturated heterocycles. The molecule has 1 aromatic carbocycles. The van der Waals surface area contributed by atoms with Crippen molar-refractivity contribution in [3.8, 4) is 0 Å². The van der Waals surface area contributed by atoms with Crippen molar-refractivity contribution in [3.63, 3.8) is 0 Å². The number of aromatic nitrogens is 1. The number of pyridine rings is 1. The highest BCUT2D eigenvalue weighted by Crippen LogP contribution is 2.26. The Morgan fingerprint density at radius 1 is 1.32 bits per heavy atom. The van der Waals surface area contributed by atoms with Crippen LogP contribution in [-0.4, -0.2) is 28.6 Å². The number of hydrogen-bond acceptors (Lipinski definition) is 4. The molecule has 0 aliphatic heterocycles. The predicted molar refractivity (Wildman–Crippen MR) is 86.3 cm³/mol. The van der Waals surface area contributed by atoms with Crippen molar-refractivity contribution in [3.05, 3.63) is 39.5 Å². The number of carbonyl (C=O) groups excluding carboxylic acids is 1. The Hall–Kier alpha value is -1.95. The monoisotopic (exact) mass is 365 g/mol. The fourth-order valence-corrected chi connectivity index (χ4v) is 2.36. The molecule has 6 heteroatoms. The molecule has 0 spiro atoms. The van der Waals surface area contributed by atoms with Crippen LogP contribution in [0.5, 0.6) is 0 Å². The molecule has 0 amide bonds. The molecule has 0 radical (unpaired) electrons. The lowest BCUT2D eigenvalue weighted by atomic mass is 10.1. The van der Waals surface area contributed by atoms with E-state index < -0.39 is 11.9 Å². The third-order valence-electron chi connectivity index (χ3n) is 3.26. The molecule has 0 unspecified atom stereocenters. The number of hydrogen-bond donors (Lipinski definition) is 1. The topological polar surface area (TPSA) is 76.5 Å². The van der Waals surface area contributed by atoms with Crippen LogP contribution in [0.15, 0.2) is 22.7 Å². The van der Waals surface area contributed by atoms with E-state index in [4.69, 9.17) is 9.84 Å². The fraction of sp³-hybridized carbons (Fsp3) is 0.312. The Kier molecular flexibility index (Phi) is 5.13. The number of esters is 1. The van der Waals surface area contributed by atoms with Crippen LogP contribution in [0.4, 0.5) is 0 Å². The first-order valence-electron chi connectivity index (χ1n) is 6.95. The highest BCUT2D eigenvalue weighted by Gasteiger charge is 2.18. The number of benzene rings is 1. The normalized spacial score (nSPS) is 10.7. The number of nitrogens with zero attached hydrogens (tertiary/aromatic N) is 1. The molecular weight excluding hydrogens is 350 g/mol. The molecule has 5 nitrogen and oxygen atoms in total. The summed E-state index contributed by atoms with van der Waals surface area (Å²) < 4.78 is 6.03. The van der Waals surface area contributed by atoms with E-state index in [9.17, 15) is 9.59 Å². The average molecular weight is 366 g/mol. The van der Waals surface area contributed by atoms with Crippen molar-refractivity contribution in [1.82, 2.24) is 4.98 Å². The Bertz CT molecular complexity index is 742. The molecule has 22 heavy (non-hydrogen) atoms. The van der Waals surface area contributed by atoms with E-state index in [1.54, 1.807) is 12.1 Å². The standard InChI is InChI=1S/C16H16BrNO4/c1-3-4-5-22-16(21)11-8-14(15(19)20)18-13-6-9(2)12(17)7-10(11)13/h6-8H,3-5H2,1-2H3,(H,19,20). The summed E-state index contributed by atoms with van der Waals surface area (Å²) in [5.74, 6) is -1.70. The molecule has 1 N–H and O–H groups in total. The molecule has 0 fully saturated rings. The maximum atomic E-state index is 12.2. The third-order valence-corrected chi connectivity index (χ3v) is 4.11. The summed E-state index contributed by atoms with van der Waals surface area (Å²) in [5.41, 5.74) is 1.42. The first kappa shape index (κ1) is 16.4. The van der Waals surface area contributed by atoms with E-state index >= 15 is 0 Å². The van der Waals surface area contributed by atoms with Crippen molar-refractivity contribution < 1.29 is 19.4 Å². The average Bonchev–Trinajstić information content (AvgIpc) is 2.47. The summed E-state index contributed by atoms with van der Waals surface area (Å²) in [4.78, 5) is 27.5. The molecule has 0 aliphatic rings. The summed E-state index contributed by atoms with van der Waals surface area (Å²) in [6.45, 7) is 4.19. The van der Waals surface area contributed by atoms with Gasteiger partial charge in [0.15, 0.2) is 0 Å². The van der Waals surface area contributed by atoms with E-state index in [-0.39, 0.29) is 11.3 Å². The van der Waals surface area contributed by atoms with Crippen molar-refractivity contribution in [1.29, 1.82) is 0 Å². The SMILES string of the molecule is CCCCOC(=O)c1cc(C(=O)O)nc2cc(C)c(Br)cc12. The van der Waals surface area contributed by atoms with Crippen LogP contribution < -0.4 is 0 Å². The summed E-state index contributed by atoms with van der Waals surface area (Å²) in [6, 6.07) is 4.77. The van der Waals surface area contributed by atoms with E-state index in [0.29, 0.717) is 17.5 Å². The van der Waals surface area contributed by atoms with Crippen LogP contribution in [-0.2, 0) is 4.74 Å². The Balaban J connectivity index is 2.56. The van der Waals surface area contributed by atoms with Gasteiger partial charge in [0.25, 0.3) is 0 Å². The lowest BCUT2D eigenvalue weighted by Gasteiger charge is -2.10. The number of ether oxygens (including phenoxy) is 1. The highest BCUT2D eigenvalue weighted by atomic mass is 79.9. The van der Waals surface area contributed by atoms with E-state index in [0.717, 1.165) is 22.9 Å². The van der Waals surface area contributed by atoms with E-state index in [1.807, 2.05) is 13.8 Å². The lowest BCUT2D eigenvalue weighted by Crippen LogP contribution is -2.10. The van der Waals surface area contributed by atoms with Crippen LogP contribution in [0.25, 0.3) is 10.9 Å². The fourth-order valence-electron chi connectivity index (χ4n) is 2.02. The van der Waals surface area contributed by atoms with Gasteiger partial charge in [0.2, 0.25) is 0 Å². The molecule has 2 rings (SSSR count). The Labute approximate surface area is 136 Å². The second-order valence-corrected chi connectivity index (χ2v) is 5.82. The summed E-state index contributed by atoms with van der Waals surface area (Å²) in [6.07, 6.45) is 1.68. The van der Waals surface area contributed by atoms with Crippen molar-refractivity contribution in [2.24, 2.45) is 0 Å². The number of halogens is 1. The van der Waals surface area contributed by atoms with Gasteiger partial charge in [0.05, 0.1) is 17.7 Å². The zero-order valence-corrected chi connectivity index (χ0v) is 13.9. The number of unbranched alkanes of at least 4 members (excludes halogenated alkanes) is 1. The van der Waals surface area contributed by atoms with Crippen molar-refractivity contribution in [2.75, 3.05) is 6.61 Å². The van der Waals surface area contributed by atoms with Crippen LogP contribution in [0, 0.1) is 6.92 Å². The first-order valence-corrected chi connectivity index (χ1v) is 7.74. The van der Waals surface area contributed by atoms with E-state index in [2.05, 4.69) is 20.9 Å². The van der Waals surface area contributed by atoms with Crippen LogP contribution in [0.1, 0.15) is 46.2 Å². The molecule has 0 atom stereocenters. The number of fused-ring (bicyclic) bond motifs is 1. The number of aryl methyl sites for hydroxylation is 1. The van der Waals surface area contributed by atoms with Gasteiger partial charge in [0.1, 0.15) is 5.69 Å². The first-order chi connectivity index (χ1) is 10.4. The Morgan fingerprint density at radius 2 is 2.05 bits per heavy atom. The summed E-state index contributed by atoms with van der Waals surface area (Å²) in [7, 11) is 0. The summed E-state index contributed by atoms with van der Waals surface area (Å²) >= 11 is 3.41. The zero-order chi connectivity index (χ0) is 16.3. The minimum atomic E-state index is -1.18. The van der Waals surface area contributed by atoms with Gasteiger partial charge in [-0.1, -0.05) is 29.3 Å². The van der Waals surface area contributed by atoms with Crippen LogP contribution in [0.2, 0.25) is 0 Å². The lowest BCUT2D eigenvalue weighted by molar-refractivity contribution is 0.0502. The third kappa shape index (κ3) is 3.44. The molecule has 116 valence electrons. The van der Waals surface area contributed by atoms with Crippen LogP contribution in [0.3, 0.4) is 0 Å². The molecule has 1 heterocycles. The van der Waals surface area contributed by atoms with Crippen molar-refractivity contribution in [2.45, 2.75) is 26.7 Å². The Morgan fingerprint density at radius 3 is 2.68 bits per heavy atom. The number of rotatable bonds is 5. The maximum absolute atomic E-state index is 12.2. The molecule has 0 saturated carbocycles.